The fourth-order valence-corrected chi connectivity index (χ4v) is 1.36. The molecule has 2 rings (SSSR count). The Morgan fingerprint density at radius 3 is 2.65 bits per heavy atom. The fourth-order valence-electron chi connectivity index (χ4n) is 1.36. The van der Waals surface area contributed by atoms with E-state index in [1.165, 1.54) is 18.3 Å². The maximum Gasteiger partial charge on any atom is 0.257 e. The molecule has 0 aliphatic heterocycles. The van der Waals surface area contributed by atoms with Gasteiger partial charge in [0.2, 0.25) is 0 Å². The second kappa shape index (κ2) is 4.74. The highest BCUT2D eigenvalue weighted by atomic mass is 19.1. The first-order chi connectivity index (χ1) is 8.16. The molecule has 0 aliphatic carbocycles. The van der Waals surface area contributed by atoms with Gasteiger partial charge in [0.15, 0.2) is 0 Å². The number of pyridine rings is 1. The molecule has 0 saturated carbocycles. The van der Waals surface area contributed by atoms with E-state index in [-0.39, 0.29) is 11.6 Å². The largest absolute Gasteiger partial charge is 0.319 e. The summed E-state index contributed by atoms with van der Waals surface area (Å²) in [5.74, 6) is -0.830. The topological polar surface area (TPSA) is 42.0 Å². The normalized spacial score (nSPS) is 10.0. The zero-order chi connectivity index (χ0) is 12.3. The van der Waals surface area contributed by atoms with Crippen molar-refractivity contribution in [3.05, 3.63) is 59.7 Å². The average Bonchev–Trinajstić information content (AvgIpc) is 2.33. The van der Waals surface area contributed by atoms with Gasteiger partial charge < -0.3 is 5.32 Å². The highest BCUT2D eigenvalue weighted by molar-refractivity contribution is 6.04. The molecule has 4 heteroatoms. The predicted octanol–water partition coefficient (Wildman–Crippen LogP) is 2.78. The number of carbonyl (C=O) groups is 1. The van der Waals surface area contributed by atoms with Crippen molar-refractivity contribution in [3.8, 4) is 0 Å². The van der Waals surface area contributed by atoms with E-state index >= 15 is 0 Å². The van der Waals surface area contributed by atoms with Gasteiger partial charge in [0.25, 0.3) is 5.91 Å². The molecular weight excluding hydrogens is 219 g/mol. The van der Waals surface area contributed by atoms with Crippen molar-refractivity contribution in [3.63, 3.8) is 0 Å². The Hall–Kier alpha value is -2.23. The molecule has 86 valence electrons. The highest BCUT2D eigenvalue weighted by Crippen LogP contribution is 2.13. The molecule has 0 fully saturated rings. The first kappa shape index (κ1) is 11.3. The lowest BCUT2D eigenvalue weighted by Gasteiger charge is -2.05. The summed E-state index contributed by atoms with van der Waals surface area (Å²) >= 11 is 0. The average molecular weight is 230 g/mol. The van der Waals surface area contributed by atoms with Crippen LogP contribution < -0.4 is 5.32 Å². The summed E-state index contributed by atoms with van der Waals surface area (Å²) in [6, 6.07) is 9.41. The van der Waals surface area contributed by atoms with Crippen LogP contribution in [-0.4, -0.2) is 10.9 Å². The van der Waals surface area contributed by atoms with Crippen LogP contribution in [0.4, 0.5) is 10.1 Å². The van der Waals surface area contributed by atoms with Crippen LogP contribution in [0.3, 0.4) is 0 Å². The van der Waals surface area contributed by atoms with Crippen molar-refractivity contribution in [2.24, 2.45) is 0 Å². The number of halogens is 1. The van der Waals surface area contributed by atoms with Gasteiger partial charge in [-0.15, -0.1) is 0 Å². The number of nitrogens with zero attached hydrogens (tertiary/aromatic N) is 1. The van der Waals surface area contributed by atoms with E-state index in [0.717, 1.165) is 5.69 Å². The minimum Gasteiger partial charge on any atom is -0.319 e. The van der Waals surface area contributed by atoms with Gasteiger partial charge in [0, 0.05) is 11.9 Å². The lowest BCUT2D eigenvalue weighted by atomic mass is 10.2. The molecule has 1 aromatic heterocycles. The lowest BCUT2D eigenvalue weighted by molar-refractivity contribution is 0.102. The Kier molecular flexibility index (Phi) is 3.14. The van der Waals surface area contributed by atoms with Crippen molar-refractivity contribution < 1.29 is 9.18 Å². The van der Waals surface area contributed by atoms with Crippen LogP contribution in [-0.2, 0) is 0 Å². The molecular formula is C13H11FN2O. The number of para-hydroxylation sites is 1. The third-order valence-corrected chi connectivity index (χ3v) is 2.30. The third-order valence-electron chi connectivity index (χ3n) is 2.30. The van der Waals surface area contributed by atoms with Crippen LogP contribution in [0.1, 0.15) is 16.1 Å². The molecule has 2 aromatic rings. The van der Waals surface area contributed by atoms with Crippen LogP contribution in [0.25, 0.3) is 0 Å². The molecule has 17 heavy (non-hydrogen) atoms. The minimum atomic E-state index is -0.457. The van der Waals surface area contributed by atoms with E-state index < -0.39 is 5.82 Å². The van der Waals surface area contributed by atoms with E-state index in [2.05, 4.69) is 10.3 Å². The molecule has 0 aliphatic rings. The molecule has 1 N–H and O–H groups in total. The van der Waals surface area contributed by atoms with E-state index in [9.17, 15) is 9.18 Å². The Bertz CT molecular complexity index is 537. The summed E-state index contributed by atoms with van der Waals surface area (Å²) in [6.07, 6.45) is 1.46. The van der Waals surface area contributed by atoms with Gasteiger partial charge in [-0.2, -0.15) is 0 Å². The van der Waals surface area contributed by atoms with E-state index in [4.69, 9.17) is 0 Å². The number of anilines is 1. The Balaban J connectivity index is 2.17. The van der Waals surface area contributed by atoms with Gasteiger partial charge in [0.1, 0.15) is 5.82 Å². The second-order valence-corrected chi connectivity index (χ2v) is 3.62. The van der Waals surface area contributed by atoms with Crippen molar-refractivity contribution in [1.82, 2.24) is 4.98 Å². The Morgan fingerprint density at radius 1 is 1.24 bits per heavy atom. The van der Waals surface area contributed by atoms with E-state index in [1.54, 1.807) is 24.3 Å². The van der Waals surface area contributed by atoms with Crippen molar-refractivity contribution in [1.29, 1.82) is 0 Å². The number of hydrogen-bond donors (Lipinski definition) is 1. The lowest BCUT2D eigenvalue weighted by Crippen LogP contribution is -2.13. The number of nitrogens with one attached hydrogen (secondary N) is 1. The number of carbonyl (C=O) groups excluding carboxylic acids is 1. The van der Waals surface area contributed by atoms with Crippen LogP contribution in [0.2, 0.25) is 0 Å². The summed E-state index contributed by atoms with van der Waals surface area (Å²) in [5.41, 5.74) is 1.39. The first-order valence-electron chi connectivity index (χ1n) is 5.15. The van der Waals surface area contributed by atoms with Gasteiger partial charge >= 0.3 is 0 Å². The molecule has 0 radical (unpaired) electrons. The van der Waals surface area contributed by atoms with E-state index in [0.29, 0.717) is 5.56 Å². The molecule has 0 atom stereocenters. The molecule has 3 nitrogen and oxygen atoms in total. The summed E-state index contributed by atoms with van der Waals surface area (Å²) < 4.78 is 13.3. The zero-order valence-corrected chi connectivity index (χ0v) is 9.27. The van der Waals surface area contributed by atoms with Crippen molar-refractivity contribution in [2.45, 2.75) is 6.92 Å². The van der Waals surface area contributed by atoms with Gasteiger partial charge in [-0.3, -0.25) is 9.78 Å². The zero-order valence-electron chi connectivity index (χ0n) is 9.27. The summed E-state index contributed by atoms with van der Waals surface area (Å²) in [5, 5.41) is 2.49. The second-order valence-electron chi connectivity index (χ2n) is 3.62. The highest BCUT2D eigenvalue weighted by Gasteiger charge is 2.08. The monoisotopic (exact) mass is 230 g/mol. The Labute approximate surface area is 98.3 Å². The first-order valence-corrected chi connectivity index (χ1v) is 5.15. The number of aryl methyl sites for hydroxylation is 1. The quantitative estimate of drug-likeness (QED) is 0.861. The number of benzene rings is 1. The predicted molar refractivity (Wildman–Crippen MR) is 63.3 cm³/mol. The van der Waals surface area contributed by atoms with Crippen molar-refractivity contribution in [2.75, 3.05) is 5.32 Å². The van der Waals surface area contributed by atoms with Crippen LogP contribution in [0, 0.1) is 12.7 Å². The minimum absolute atomic E-state index is 0.165. The van der Waals surface area contributed by atoms with Gasteiger partial charge in [-0.1, -0.05) is 12.1 Å². The summed E-state index contributed by atoms with van der Waals surface area (Å²) in [4.78, 5) is 15.8. The fraction of sp³-hybridized carbons (Fsp3) is 0.0769. The molecule has 1 heterocycles. The number of aromatic nitrogens is 1. The molecule has 0 saturated heterocycles. The molecule has 1 amide bonds. The smallest absolute Gasteiger partial charge is 0.257 e. The maximum absolute atomic E-state index is 13.3. The van der Waals surface area contributed by atoms with Gasteiger partial charge in [-0.25, -0.2) is 4.39 Å². The van der Waals surface area contributed by atoms with Crippen molar-refractivity contribution >= 4 is 11.6 Å². The summed E-state index contributed by atoms with van der Waals surface area (Å²) in [7, 11) is 0. The molecule has 0 bridgehead atoms. The molecule has 0 unspecified atom stereocenters. The van der Waals surface area contributed by atoms with Crippen LogP contribution in [0.5, 0.6) is 0 Å². The number of amides is 1. The SMILES string of the molecule is Cc1ccc(C(=O)Nc2ccccc2F)cn1. The van der Waals surface area contributed by atoms with E-state index in [1.807, 2.05) is 6.92 Å². The van der Waals surface area contributed by atoms with Gasteiger partial charge in [0.05, 0.1) is 11.3 Å². The molecule has 0 spiro atoms. The number of hydrogen-bond acceptors (Lipinski definition) is 2. The molecule has 1 aromatic carbocycles. The Morgan fingerprint density at radius 2 is 2.00 bits per heavy atom. The summed E-state index contributed by atoms with van der Waals surface area (Å²) in [6.45, 7) is 1.83. The maximum atomic E-state index is 13.3. The van der Waals surface area contributed by atoms with Crippen LogP contribution in [0.15, 0.2) is 42.6 Å². The third kappa shape index (κ3) is 2.66. The van der Waals surface area contributed by atoms with Crippen LogP contribution >= 0.6 is 0 Å². The number of rotatable bonds is 2. The van der Waals surface area contributed by atoms with Gasteiger partial charge in [-0.05, 0) is 31.2 Å². The standard InChI is InChI=1S/C13H11FN2O/c1-9-6-7-10(8-15-9)13(17)16-12-5-3-2-4-11(12)14/h2-8H,1H3,(H,16,17).